The monoisotopic (exact) mass is 1260 g/mol. The van der Waals surface area contributed by atoms with Gasteiger partial charge in [0.2, 0.25) is 5.91 Å². The predicted octanol–water partition coefficient (Wildman–Crippen LogP) is 10.9. The molecule has 8 aromatic carbocycles. The van der Waals surface area contributed by atoms with Crippen molar-refractivity contribution in [1.29, 1.82) is 0 Å². The van der Waals surface area contributed by atoms with Crippen molar-refractivity contribution < 1.29 is 76.2 Å². The molecule has 1 amide bonds. The van der Waals surface area contributed by atoms with E-state index in [1.54, 1.807) is 0 Å². The van der Waals surface area contributed by atoms with Crippen LogP contribution in [0.3, 0.4) is 0 Å². The van der Waals surface area contributed by atoms with E-state index in [2.05, 4.69) is 5.32 Å². The van der Waals surface area contributed by atoms with Gasteiger partial charge >= 0.3 is 0 Å². The van der Waals surface area contributed by atoms with Gasteiger partial charge in [0, 0.05) is 12.5 Å². The zero-order valence-electron chi connectivity index (χ0n) is 52.0. The number of rotatable bonds is 29. The van der Waals surface area contributed by atoms with E-state index in [1.807, 2.05) is 243 Å². The van der Waals surface area contributed by atoms with Crippen molar-refractivity contribution in [3.63, 3.8) is 0 Å². The summed E-state index contributed by atoms with van der Waals surface area (Å²) in [7, 11) is 0. The minimum atomic E-state index is -1.37. The lowest BCUT2D eigenvalue weighted by Gasteiger charge is -2.52. The van der Waals surface area contributed by atoms with Gasteiger partial charge in [-0.3, -0.25) is 4.79 Å². The summed E-state index contributed by atoms with van der Waals surface area (Å²) in [6.07, 6.45) is -16.0. The largest absolute Gasteiger partial charge is 0.388 e. The Kier molecular flexibility index (Phi) is 23.8. The molecule has 12 rings (SSSR count). The number of carbonyl (C=O) groups excluding carboxylic acids is 1. The lowest BCUT2D eigenvalue weighted by atomic mass is 9.94. The molecule has 0 aromatic heterocycles. The molecular weight excluding hydrogens is 1180 g/mol. The van der Waals surface area contributed by atoms with E-state index in [9.17, 15) is 9.90 Å². The van der Waals surface area contributed by atoms with E-state index in [1.165, 1.54) is 6.92 Å². The lowest BCUT2D eigenvalue weighted by Crippen LogP contribution is -2.70. The van der Waals surface area contributed by atoms with Gasteiger partial charge in [-0.1, -0.05) is 243 Å². The van der Waals surface area contributed by atoms with Crippen molar-refractivity contribution in [2.45, 2.75) is 152 Å². The Hall–Kier alpha value is -7.37. The maximum atomic E-state index is 13.4. The Morgan fingerprint density at radius 2 is 0.763 bits per heavy atom. The zero-order valence-corrected chi connectivity index (χ0v) is 52.0. The molecular formula is C76H81NO16. The van der Waals surface area contributed by atoms with Crippen molar-refractivity contribution >= 4 is 5.91 Å². The second-order valence-corrected chi connectivity index (χ2v) is 23.6. The molecule has 0 aliphatic carbocycles. The number of nitrogens with one attached hydrogen (secondary N) is 1. The number of hydrogen-bond donors (Lipinski definition) is 2. The Morgan fingerprint density at radius 1 is 0.398 bits per heavy atom. The van der Waals surface area contributed by atoms with E-state index < -0.39 is 104 Å². The van der Waals surface area contributed by atoms with Gasteiger partial charge < -0.3 is 76.7 Å². The molecule has 17 heteroatoms. The van der Waals surface area contributed by atoms with Crippen LogP contribution < -0.4 is 5.32 Å². The van der Waals surface area contributed by atoms with E-state index in [0.29, 0.717) is 0 Å². The van der Waals surface area contributed by atoms with Crippen molar-refractivity contribution in [2.24, 2.45) is 0 Å². The third-order valence-corrected chi connectivity index (χ3v) is 16.8. The van der Waals surface area contributed by atoms with E-state index in [-0.39, 0.29) is 66.1 Å². The molecule has 4 aliphatic heterocycles. The van der Waals surface area contributed by atoms with Gasteiger partial charge in [-0.05, 0) is 38.9 Å². The van der Waals surface area contributed by atoms with Crippen LogP contribution in [-0.4, -0.2) is 123 Å². The summed E-state index contributed by atoms with van der Waals surface area (Å²) in [5.74, 6) is -0.440. The molecule has 4 fully saturated rings. The lowest BCUT2D eigenvalue weighted by molar-refractivity contribution is -0.395. The molecule has 16 atom stereocenters. The third kappa shape index (κ3) is 18.1. The Bertz CT molecular complexity index is 3430. The molecule has 4 heterocycles. The molecule has 486 valence electrons. The summed E-state index contributed by atoms with van der Waals surface area (Å²) in [5.41, 5.74) is 7.10. The van der Waals surface area contributed by atoms with Gasteiger partial charge in [0.05, 0.1) is 66.1 Å². The molecule has 8 aromatic rings. The first-order valence-corrected chi connectivity index (χ1v) is 31.9. The highest BCUT2D eigenvalue weighted by molar-refractivity contribution is 5.73. The van der Waals surface area contributed by atoms with Crippen LogP contribution in [0.1, 0.15) is 57.7 Å². The fraction of sp³-hybridized carbons (Fsp3) is 0.355. The molecule has 4 aliphatic rings. The molecule has 0 unspecified atom stereocenters. The summed E-state index contributed by atoms with van der Waals surface area (Å²) in [6.45, 7) is 2.48. The van der Waals surface area contributed by atoms with E-state index in [0.717, 1.165) is 44.5 Å². The number of aliphatic hydroxyl groups excluding tert-OH is 1. The van der Waals surface area contributed by atoms with Gasteiger partial charge in [-0.2, -0.15) is 0 Å². The smallest absolute Gasteiger partial charge is 0.217 e. The van der Waals surface area contributed by atoms with Crippen molar-refractivity contribution in [3.05, 3.63) is 287 Å². The minimum Gasteiger partial charge on any atom is -0.388 e. The fourth-order valence-corrected chi connectivity index (χ4v) is 12.1. The summed E-state index contributed by atoms with van der Waals surface area (Å²) in [6, 6.07) is 77.2. The van der Waals surface area contributed by atoms with Crippen LogP contribution in [0.15, 0.2) is 243 Å². The molecule has 2 N–H and O–H groups in total. The van der Waals surface area contributed by atoms with Crippen LogP contribution in [0.25, 0.3) is 0 Å². The first kappa shape index (κ1) is 65.7. The Balaban J connectivity index is 0.964. The van der Waals surface area contributed by atoms with Gasteiger partial charge in [-0.25, -0.2) is 0 Å². The van der Waals surface area contributed by atoms with Crippen LogP contribution in [-0.2, 0) is 117 Å². The number of hydrogen-bond acceptors (Lipinski definition) is 16. The third-order valence-electron chi connectivity index (χ3n) is 16.8. The molecule has 4 saturated heterocycles. The SMILES string of the molecule is CC(=O)N[C@H]1[C@H](O[C@H]2[C@@H](OCc3ccccc3)[C@@H](COCc3ccccc3)O[C@@H](O[C@H]3[C@H](OCc4ccccc4)[C@@H](OCc4ccccc4)[C@H](OCc4ccccc4)O[C@@H]3COCc3ccccc3)[C@@H]2OCc2ccccc2)O[C@@H]2CO[C@@H](c3ccccc3)O[C@H]2[C@@H]1O. The van der Waals surface area contributed by atoms with Crippen LogP contribution >= 0.6 is 0 Å². The summed E-state index contributed by atoms with van der Waals surface area (Å²) >= 11 is 0. The van der Waals surface area contributed by atoms with Gasteiger partial charge in [0.25, 0.3) is 0 Å². The second-order valence-electron chi connectivity index (χ2n) is 23.6. The summed E-state index contributed by atoms with van der Waals surface area (Å²) in [5, 5.41) is 15.6. The average Bonchev–Trinajstić information content (AvgIpc) is 0.846. The molecule has 93 heavy (non-hydrogen) atoms. The first-order chi connectivity index (χ1) is 45.8. The highest BCUT2D eigenvalue weighted by Gasteiger charge is 2.58. The van der Waals surface area contributed by atoms with Crippen molar-refractivity contribution in [1.82, 2.24) is 5.32 Å². The van der Waals surface area contributed by atoms with Crippen LogP contribution in [0.2, 0.25) is 0 Å². The minimum absolute atomic E-state index is 0.0000000851. The van der Waals surface area contributed by atoms with Crippen LogP contribution in [0.4, 0.5) is 0 Å². The predicted molar refractivity (Wildman–Crippen MR) is 343 cm³/mol. The molecule has 0 spiro atoms. The average molecular weight is 1260 g/mol. The Morgan fingerprint density at radius 3 is 1.22 bits per heavy atom. The number of amides is 1. The van der Waals surface area contributed by atoms with Gasteiger partial charge in [0.1, 0.15) is 73.2 Å². The van der Waals surface area contributed by atoms with E-state index >= 15 is 0 Å². The number of fused-ring (bicyclic) bond motifs is 1. The summed E-state index contributed by atoms with van der Waals surface area (Å²) in [4.78, 5) is 13.4. The van der Waals surface area contributed by atoms with Crippen LogP contribution in [0, 0.1) is 0 Å². The second kappa shape index (κ2) is 33.6. The standard InChI is InChI=1S/C76H81NO16/c1-52(78)77-64-65(79)66-63(51-87-73(91-66)60-40-24-9-25-41-60)88-74(64)93-70-67(82-44-55-30-14-4-15-31-55)61(49-80-42-53-26-10-2-11-27-53)90-76(72(70)85-47-58-36-20-7-21-37-58)92-68-62(50-81-43-54-28-12-3-13-29-54)89-75(86-48-59-38-22-8-23-39-59)71(84-46-57-34-18-6-19-35-57)69(68)83-45-56-32-16-5-17-33-56/h2-41,61-76,79H,42-51H2,1H3,(H,77,78)/t61-,62-,63-,64-,65-,66-,67+,68-,69+,70+,71-,72-,73-,74+,75-,76+/m1/s1. The molecule has 0 radical (unpaired) electrons. The molecule has 17 nitrogen and oxygen atoms in total. The van der Waals surface area contributed by atoms with Gasteiger partial charge in [-0.15, -0.1) is 0 Å². The summed E-state index contributed by atoms with van der Waals surface area (Å²) < 4.78 is 98.5. The maximum Gasteiger partial charge on any atom is 0.217 e. The fourth-order valence-electron chi connectivity index (χ4n) is 12.1. The van der Waals surface area contributed by atoms with Crippen LogP contribution in [0.5, 0.6) is 0 Å². The normalized spacial score (nSPS) is 27.8. The molecule has 0 saturated carbocycles. The van der Waals surface area contributed by atoms with Crippen molar-refractivity contribution in [2.75, 3.05) is 19.8 Å². The number of benzene rings is 8. The van der Waals surface area contributed by atoms with Crippen molar-refractivity contribution in [3.8, 4) is 0 Å². The quantitative estimate of drug-likeness (QED) is 0.0452. The highest BCUT2D eigenvalue weighted by atomic mass is 16.8. The Labute approximate surface area is 543 Å². The number of ether oxygens (including phenoxy) is 14. The topological polar surface area (TPSA) is 179 Å². The van der Waals surface area contributed by atoms with Gasteiger partial charge in [0.15, 0.2) is 25.2 Å². The highest BCUT2D eigenvalue weighted by Crippen LogP contribution is 2.40. The number of aliphatic hydroxyl groups is 1. The first-order valence-electron chi connectivity index (χ1n) is 31.9. The van der Waals surface area contributed by atoms with E-state index in [4.69, 9.17) is 66.3 Å². The maximum absolute atomic E-state index is 13.4. The molecule has 0 bridgehead atoms. The zero-order chi connectivity index (χ0) is 63.4. The number of carbonyl (C=O) groups is 1.